The molecule has 1 N–H and O–H groups in total. The molecule has 0 aliphatic carbocycles. The molecule has 1 unspecified atom stereocenters. The first kappa shape index (κ1) is 11.9. The van der Waals surface area contributed by atoms with E-state index in [1.807, 2.05) is 0 Å². The van der Waals surface area contributed by atoms with Crippen molar-refractivity contribution < 1.29 is 14.6 Å². The summed E-state index contributed by atoms with van der Waals surface area (Å²) in [4.78, 5) is 10.7. The van der Waals surface area contributed by atoms with Gasteiger partial charge in [-0.3, -0.25) is 4.79 Å². The molecule has 15 heavy (non-hydrogen) atoms. The number of carboxylic acids is 1. The van der Waals surface area contributed by atoms with Gasteiger partial charge in [0.05, 0.1) is 13.0 Å². The normalized spacial score (nSPS) is 12.2. The van der Waals surface area contributed by atoms with Crippen molar-refractivity contribution in [2.24, 2.45) is 5.92 Å². The molecule has 0 aromatic heterocycles. The first-order valence-corrected chi connectivity index (χ1v) is 4.98. The number of rotatable bonds is 4. The Morgan fingerprint density at radius 3 is 2.80 bits per heavy atom. The highest BCUT2D eigenvalue weighted by Gasteiger charge is 2.16. The Kier molecular flexibility index (Phi) is 3.97. The predicted molar refractivity (Wildman–Crippen MR) is 58.5 cm³/mol. The molecule has 82 valence electrons. The van der Waals surface area contributed by atoms with Crippen LogP contribution in [0.4, 0.5) is 0 Å². The number of aliphatic carboxylic acids is 1. The molecule has 3 nitrogen and oxygen atoms in total. The lowest BCUT2D eigenvalue weighted by Crippen LogP contribution is -2.13. The predicted octanol–water partition coefficient (Wildman–Crippen LogP) is 2.61. The Bertz CT molecular complexity index is 363. The summed E-state index contributed by atoms with van der Waals surface area (Å²) < 4.78 is 5.13. The van der Waals surface area contributed by atoms with Crippen molar-refractivity contribution in [1.82, 2.24) is 0 Å². The van der Waals surface area contributed by atoms with Crippen molar-refractivity contribution >= 4 is 17.6 Å². The number of benzene rings is 1. The molecular formula is C11H13ClO3. The van der Waals surface area contributed by atoms with Crippen molar-refractivity contribution in [3.8, 4) is 5.75 Å². The Balaban J connectivity index is 2.97. The van der Waals surface area contributed by atoms with Gasteiger partial charge in [0.1, 0.15) is 5.75 Å². The van der Waals surface area contributed by atoms with E-state index < -0.39 is 11.9 Å². The van der Waals surface area contributed by atoms with Crippen LogP contribution in [-0.4, -0.2) is 18.2 Å². The van der Waals surface area contributed by atoms with E-state index in [0.717, 1.165) is 5.56 Å². The van der Waals surface area contributed by atoms with Crippen molar-refractivity contribution in [1.29, 1.82) is 0 Å². The zero-order valence-electron chi connectivity index (χ0n) is 8.66. The van der Waals surface area contributed by atoms with E-state index in [4.69, 9.17) is 21.4 Å². The monoisotopic (exact) mass is 228 g/mol. The maximum absolute atomic E-state index is 10.7. The van der Waals surface area contributed by atoms with Crippen LogP contribution >= 0.6 is 11.6 Å². The first-order valence-electron chi connectivity index (χ1n) is 4.60. The standard InChI is InChI=1S/C11H13ClO3/c1-7(11(13)14)6-8-9(12)4-3-5-10(8)15-2/h3-5,7H,6H2,1-2H3,(H,13,14). The van der Waals surface area contributed by atoms with Crippen molar-refractivity contribution in [3.63, 3.8) is 0 Å². The lowest BCUT2D eigenvalue weighted by atomic mass is 10.0. The molecule has 1 aromatic rings. The second-order valence-electron chi connectivity index (χ2n) is 3.36. The smallest absolute Gasteiger partial charge is 0.306 e. The van der Waals surface area contributed by atoms with Gasteiger partial charge in [-0.15, -0.1) is 0 Å². The fourth-order valence-corrected chi connectivity index (χ4v) is 1.56. The van der Waals surface area contributed by atoms with E-state index >= 15 is 0 Å². The molecule has 0 bridgehead atoms. The quantitative estimate of drug-likeness (QED) is 0.862. The molecule has 1 rings (SSSR count). The Morgan fingerprint density at radius 1 is 1.60 bits per heavy atom. The summed E-state index contributed by atoms with van der Waals surface area (Å²) in [5.41, 5.74) is 0.747. The van der Waals surface area contributed by atoms with Gasteiger partial charge in [-0.1, -0.05) is 24.6 Å². The maximum atomic E-state index is 10.7. The minimum absolute atomic E-state index is 0.373. The van der Waals surface area contributed by atoms with Crippen LogP contribution in [0.2, 0.25) is 5.02 Å². The largest absolute Gasteiger partial charge is 0.496 e. The molecule has 0 saturated carbocycles. The Morgan fingerprint density at radius 2 is 2.27 bits per heavy atom. The summed E-state index contributed by atoms with van der Waals surface area (Å²) in [5.74, 6) is -0.675. The van der Waals surface area contributed by atoms with Gasteiger partial charge in [0.25, 0.3) is 0 Å². The Hall–Kier alpha value is -1.22. The number of hydrogen-bond acceptors (Lipinski definition) is 2. The maximum Gasteiger partial charge on any atom is 0.306 e. The summed E-state index contributed by atoms with van der Waals surface area (Å²) in [6.45, 7) is 1.64. The summed E-state index contributed by atoms with van der Waals surface area (Å²) in [7, 11) is 1.54. The van der Waals surface area contributed by atoms with Crippen LogP contribution in [0.15, 0.2) is 18.2 Å². The molecule has 0 fully saturated rings. The van der Waals surface area contributed by atoms with Crippen molar-refractivity contribution in [2.45, 2.75) is 13.3 Å². The lowest BCUT2D eigenvalue weighted by Gasteiger charge is -2.12. The van der Waals surface area contributed by atoms with Crippen LogP contribution in [-0.2, 0) is 11.2 Å². The second kappa shape index (κ2) is 5.03. The first-order chi connectivity index (χ1) is 7.06. The lowest BCUT2D eigenvalue weighted by molar-refractivity contribution is -0.141. The fraction of sp³-hybridized carbons (Fsp3) is 0.364. The van der Waals surface area contributed by atoms with Gasteiger partial charge in [0.15, 0.2) is 0 Å². The Labute approximate surface area is 93.6 Å². The number of ether oxygens (including phenoxy) is 1. The molecular weight excluding hydrogens is 216 g/mol. The number of halogens is 1. The number of hydrogen-bond donors (Lipinski definition) is 1. The van der Waals surface area contributed by atoms with Crippen LogP contribution in [0.5, 0.6) is 5.75 Å². The second-order valence-corrected chi connectivity index (χ2v) is 3.77. The van der Waals surface area contributed by atoms with Gasteiger partial charge in [-0.25, -0.2) is 0 Å². The molecule has 0 amide bonds. The number of carbonyl (C=O) groups is 1. The zero-order chi connectivity index (χ0) is 11.4. The SMILES string of the molecule is COc1cccc(Cl)c1CC(C)C(=O)O. The fourth-order valence-electron chi connectivity index (χ4n) is 1.32. The minimum atomic E-state index is -0.836. The van der Waals surface area contributed by atoms with E-state index in [0.29, 0.717) is 17.2 Å². The highest BCUT2D eigenvalue weighted by atomic mass is 35.5. The van der Waals surface area contributed by atoms with E-state index in [-0.39, 0.29) is 0 Å². The molecule has 0 spiro atoms. The van der Waals surface area contributed by atoms with Crippen LogP contribution < -0.4 is 4.74 Å². The van der Waals surface area contributed by atoms with Crippen molar-refractivity contribution in [2.75, 3.05) is 7.11 Å². The number of carboxylic acid groups (broad SMARTS) is 1. The topological polar surface area (TPSA) is 46.5 Å². The van der Waals surface area contributed by atoms with Crippen LogP contribution in [0.1, 0.15) is 12.5 Å². The van der Waals surface area contributed by atoms with Crippen LogP contribution in [0.3, 0.4) is 0 Å². The average molecular weight is 229 g/mol. The molecule has 1 atom stereocenters. The van der Waals surface area contributed by atoms with E-state index in [1.54, 1.807) is 32.2 Å². The summed E-state index contributed by atoms with van der Waals surface area (Å²) >= 11 is 5.98. The summed E-state index contributed by atoms with van der Waals surface area (Å²) in [6.07, 6.45) is 0.373. The molecule has 0 heterocycles. The minimum Gasteiger partial charge on any atom is -0.496 e. The van der Waals surface area contributed by atoms with Gasteiger partial charge >= 0.3 is 5.97 Å². The van der Waals surface area contributed by atoms with E-state index in [1.165, 1.54) is 0 Å². The van der Waals surface area contributed by atoms with Gasteiger partial charge in [0.2, 0.25) is 0 Å². The highest BCUT2D eigenvalue weighted by molar-refractivity contribution is 6.31. The summed E-state index contributed by atoms with van der Waals surface area (Å²) in [6, 6.07) is 5.28. The van der Waals surface area contributed by atoms with Crippen molar-refractivity contribution in [3.05, 3.63) is 28.8 Å². The van der Waals surface area contributed by atoms with Crippen LogP contribution in [0.25, 0.3) is 0 Å². The molecule has 1 aromatic carbocycles. The van der Waals surface area contributed by atoms with Gasteiger partial charge in [-0.2, -0.15) is 0 Å². The number of methoxy groups -OCH3 is 1. The van der Waals surface area contributed by atoms with Gasteiger partial charge in [-0.05, 0) is 18.6 Å². The van der Waals surface area contributed by atoms with Gasteiger partial charge in [0, 0.05) is 10.6 Å². The summed E-state index contributed by atoms with van der Waals surface area (Å²) in [5, 5.41) is 9.36. The zero-order valence-corrected chi connectivity index (χ0v) is 9.41. The highest BCUT2D eigenvalue weighted by Crippen LogP contribution is 2.28. The third-order valence-corrected chi connectivity index (χ3v) is 2.58. The third-order valence-electron chi connectivity index (χ3n) is 2.23. The molecule has 0 saturated heterocycles. The third kappa shape index (κ3) is 2.86. The van der Waals surface area contributed by atoms with E-state index in [2.05, 4.69) is 0 Å². The van der Waals surface area contributed by atoms with Crippen LogP contribution in [0, 0.1) is 5.92 Å². The molecule has 0 radical (unpaired) electrons. The molecule has 0 aliphatic rings. The average Bonchev–Trinajstić information content (AvgIpc) is 2.20. The molecule has 4 heteroatoms. The van der Waals surface area contributed by atoms with Gasteiger partial charge < -0.3 is 9.84 Å². The molecule has 0 aliphatic heterocycles. The van der Waals surface area contributed by atoms with E-state index in [9.17, 15) is 4.79 Å².